The molecule has 0 spiro atoms. The summed E-state index contributed by atoms with van der Waals surface area (Å²) < 4.78 is 5.70. The van der Waals surface area contributed by atoms with E-state index >= 15 is 0 Å². The van der Waals surface area contributed by atoms with Crippen LogP contribution in [0.4, 0.5) is 0 Å². The van der Waals surface area contributed by atoms with Gasteiger partial charge in [-0.05, 0) is 62.0 Å². The first-order valence-electron chi connectivity index (χ1n) is 7.15. The van der Waals surface area contributed by atoms with Crippen LogP contribution < -0.4 is 10.1 Å². The minimum Gasteiger partial charge on any atom is -0.491 e. The SMILES string of the molecule is CCc1ccsc1C(NC)c1ccc(OC(C)C)cc1. The molecule has 2 aromatic rings. The van der Waals surface area contributed by atoms with Gasteiger partial charge in [0.1, 0.15) is 5.75 Å². The molecule has 0 bridgehead atoms. The van der Waals surface area contributed by atoms with Crippen molar-refractivity contribution < 1.29 is 4.74 Å². The highest BCUT2D eigenvalue weighted by atomic mass is 32.1. The van der Waals surface area contributed by atoms with E-state index in [9.17, 15) is 0 Å². The molecule has 0 amide bonds. The summed E-state index contributed by atoms with van der Waals surface area (Å²) in [7, 11) is 2.02. The number of rotatable bonds is 6. The van der Waals surface area contributed by atoms with Crippen molar-refractivity contribution in [2.75, 3.05) is 7.05 Å². The Morgan fingerprint density at radius 2 is 1.85 bits per heavy atom. The van der Waals surface area contributed by atoms with E-state index in [-0.39, 0.29) is 12.1 Å². The molecule has 2 nitrogen and oxygen atoms in total. The highest BCUT2D eigenvalue weighted by Gasteiger charge is 2.16. The lowest BCUT2D eigenvalue weighted by Gasteiger charge is -2.18. The molecule has 2 rings (SSSR count). The predicted molar refractivity (Wildman–Crippen MR) is 86.8 cm³/mol. The molecule has 3 heteroatoms. The molecule has 0 saturated heterocycles. The van der Waals surface area contributed by atoms with Crippen LogP contribution in [0.25, 0.3) is 0 Å². The monoisotopic (exact) mass is 289 g/mol. The Labute approximate surface area is 125 Å². The molecule has 1 aromatic heterocycles. The zero-order valence-corrected chi connectivity index (χ0v) is 13.5. The zero-order chi connectivity index (χ0) is 14.5. The standard InChI is InChI=1S/C17H23NOS/c1-5-13-10-11-20-17(13)16(18-4)14-6-8-15(9-7-14)19-12(2)3/h6-12,16,18H,5H2,1-4H3. The maximum absolute atomic E-state index is 5.70. The first-order valence-corrected chi connectivity index (χ1v) is 8.03. The fourth-order valence-corrected chi connectivity index (χ4v) is 3.49. The van der Waals surface area contributed by atoms with Crippen molar-refractivity contribution in [1.82, 2.24) is 5.32 Å². The van der Waals surface area contributed by atoms with Crippen LogP contribution in [0.15, 0.2) is 35.7 Å². The number of hydrogen-bond acceptors (Lipinski definition) is 3. The van der Waals surface area contributed by atoms with Gasteiger partial charge in [0.25, 0.3) is 0 Å². The van der Waals surface area contributed by atoms with Crippen LogP contribution in [0.1, 0.15) is 42.8 Å². The second kappa shape index (κ2) is 6.91. The molecule has 1 heterocycles. The number of thiophene rings is 1. The fourth-order valence-electron chi connectivity index (χ4n) is 2.35. The Balaban J connectivity index is 2.24. The van der Waals surface area contributed by atoms with Crippen molar-refractivity contribution in [3.63, 3.8) is 0 Å². The third-order valence-electron chi connectivity index (χ3n) is 3.30. The maximum atomic E-state index is 5.70. The van der Waals surface area contributed by atoms with Crippen LogP contribution in [0.5, 0.6) is 5.75 Å². The van der Waals surface area contributed by atoms with Gasteiger partial charge in [-0.2, -0.15) is 0 Å². The maximum Gasteiger partial charge on any atom is 0.119 e. The Morgan fingerprint density at radius 3 is 2.40 bits per heavy atom. The summed E-state index contributed by atoms with van der Waals surface area (Å²) in [5, 5.41) is 5.60. The average molecular weight is 289 g/mol. The van der Waals surface area contributed by atoms with Crippen LogP contribution in [-0.4, -0.2) is 13.2 Å². The molecule has 0 fully saturated rings. The molecule has 1 atom stereocenters. The fraction of sp³-hybridized carbons (Fsp3) is 0.412. The van der Waals surface area contributed by atoms with Gasteiger partial charge in [-0.15, -0.1) is 11.3 Å². The van der Waals surface area contributed by atoms with Gasteiger partial charge in [0.05, 0.1) is 12.1 Å². The summed E-state index contributed by atoms with van der Waals surface area (Å²) in [5.41, 5.74) is 2.71. The Morgan fingerprint density at radius 1 is 1.15 bits per heavy atom. The number of hydrogen-bond donors (Lipinski definition) is 1. The van der Waals surface area contributed by atoms with Gasteiger partial charge < -0.3 is 10.1 Å². The molecule has 1 unspecified atom stereocenters. The van der Waals surface area contributed by atoms with Gasteiger partial charge in [-0.25, -0.2) is 0 Å². The largest absolute Gasteiger partial charge is 0.491 e. The summed E-state index contributed by atoms with van der Waals surface area (Å²) in [5.74, 6) is 0.931. The van der Waals surface area contributed by atoms with E-state index in [1.54, 1.807) is 0 Å². The molecule has 108 valence electrons. The summed E-state index contributed by atoms with van der Waals surface area (Å²) in [6, 6.07) is 10.9. The van der Waals surface area contributed by atoms with E-state index in [1.807, 2.05) is 32.2 Å². The number of aryl methyl sites for hydroxylation is 1. The van der Waals surface area contributed by atoms with Crippen LogP contribution in [0.3, 0.4) is 0 Å². The van der Waals surface area contributed by atoms with Gasteiger partial charge in [0, 0.05) is 4.88 Å². The van der Waals surface area contributed by atoms with E-state index in [1.165, 1.54) is 16.0 Å². The average Bonchev–Trinajstić information content (AvgIpc) is 2.89. The van der Waals surface area contributed by atoms with Crippen LogP contribution >= 0.6 is 11.3 Å². The molecular formula is C17H23NOS. The van der Waals surface area contributed by atoms with Crippen molar-refractivity contribution in [2.45, 2.75) is 39.3 Å². The lowest BCUT2D eigenvalue weighted by Crippen LogP contribution is -2.17. The molecule has 0 aliphatic heterocycles. The van der Waals surface area contributed by atoms with Crippen molar-refractivity contribution in [3.05, 3.63) is 51.7 Å². The zero-order valence-electron chi connectivity index (χ0n) is 12.6. The summed E-state index contributed by atoms with van der Waals surface area (Å²) in [6.45, 7) is 6.30. The first kappa shape index (κ1) is 15.1. The molecule has 0 aliphatic rings. The van der Waals surface area contributed by atoms with Crippen molar-refractivity contribution >= 4 is 11.3 Å². The third kappa shape index (κ3) is 3.41. The molecule has 0 aliphatic carbocycles. The van der Waals surface area contributed by atoms with Gasteiger partial charge in [-0.1, -0.05) is 19.1 Å². The quantitative estimate of drug-likeness (QED) is 0.850. The van der Waals surface area contributed by atoms with Crippen LogP contribution in [-0.2, 0) is 6.42 Å². The summed E-state index contributed by atoms with van der Waals surface area (Å²) in [4.78, 5) is 1.41. The van der Waals surface area contributed by atoms with Gasteiger partial charge in [0.2, 0.25) is 0 Å². The van der Waals surface area contributed by atoms with E-state index in [0.29, 0.717) is 0 Å². The minimum absolute atomic E-state index is 0.213. The van der Waals surface area contributed by atoms with Crippen LogP contribution in [0, 0.1) is 0 Å². The smallest absolute Gasteiger partial charge is 0.119 e. The second-order valence-corrected chi connectivity index (χ2v) is 6.07. The molecule has 1 aromatic carbocycles. The summed E-state index contributed by atoms with van der Waals surface area (Å²) >= 11 is 1.82. The predicted octanol–water partition coefficient (Wildman–Crippen LogP) is 4.41. The topological polar surface area (TPSA) is 21.3 Å². The molecule has 1 N–H and O–H groups in total. The second-order valence-electron chi connectivity index (χ2n) is 5.12. The van der Waals surface area contributed by atoms with E-state index in [2.05, 4.69) is 48.0 Å². The Bertz CT molecular complexity index is 530. The molecular weight excluding hydrogens is 266 g/mol. The first-order chi connectivity index (χ1) is 9.65. The molecule has 0 radical (unpaired) electrons. The van der Waals surface area contributed by atoms with Crippen LogP contribution in [0.2, 0.25) is 0 Å². The normalized spacial score (nSPS) is 12.7. The van der Waals surface area contributed by atoms with E-state index < -0.39 is 0 Å². The third-order valence-corrected chi connectivity index (χ3v) is 4.32. The Hall–Kier alpha value is -1.32. The molecule has 0 saturated carbocycles. The number of benzene rings is 1. The molecule has 20 heavy (non-hydrogen) atoms. The van der Waals surface area contributed by atoms with E-state index in [4.69, 9.17) is 4.74 Å². The van der Waals surface area contributed by atoms with Crippen molar-refractivity contribution in [3.8, 4) is 5.75 Å². The van der Waals surface area contributed by atoms with Crippen molar-refractivity contribution in [1.29, 1.82) is 0 Å². The van der Waals surface area contributed by atoms with Crippen molar-refractivity contribution in [2.24, 2.45) is 0 Å². The Kier molecular flexibility index (Phi) is 5.21. The van der Waals surface area contributed by atoms with Gasteiger partial charge >= 0.3 is 0 Å². The minimum atomic E-state index is 0.213. The highest BCUT2D eigenvalue weighted by Crippen LogP contribution is 2.30. The number of nitrogens with one attached hydrogen (secondary N) is 1. The van der Waals surface area contributed by atoms with Gasteiger partial charge in [0.15, 0.2) is 0 Å². The van der Waals surface area contributed by atoms with E-state index in [0.717, 1.165) is 12.2 Å². The lowest BCUT2D eigenvalue weighted by molar-refractivity contribution is 0.242. The number of ether oxygens (including phenoxy) is 1. The summed E-state index contributed by atoms with van der Waals surface area (Å²) in [6.07, 6.45) is 1.29. The van der Waals surface area contributed by atoms with Gasteiger partial charge in [-0.3, -0.25) is 0 Å². The highest BCUT2D eigenvalue weighted by molar-refractivity contribution is 7.10. The lowest BCUT2D eigenvalue weighted by atomic mass is 10.0.